The van der Waals surface area contributed by atoms with Crippen molar-refractivity contribution in [2.24, 2.45) is 0 Å². The van der Waals surface area contributed by atoms with E-state index >= 15 is 0 Å². The summed E-state index contributed by atoms with van der Waals surface area (Å²) >= 11 is 11.9. The molecular weight excluding hydrogens is 461 g/mol. The molecule has 0 bridgehead atoms. The van der Waals surface area contributed by atoms with Crippen molar-refractivity contribution in [3.05, 3.63) is 94.9 Å². The monoisotopic (exact) mass is 479 g/mol. The van der Waals surface area contributed by atoms with E-state index in [9.17, 15) is 9.59 Å². The Bertz CT molecular complexity index is 1290. The van der Waals surface area contributed by atoms with E-state index in [1.807, 2.05) is 36.4 Å². The summed E-state index contributed by atoms with van der Waals surface area (Å²) in [4.78, 5) is 31.3. The van der Waals surface area contributed by atoms with Crippen LogP contribution in [0.2, 0.25) is 10.0 Å². The molecule has 0 spiro atoms. The number of rotatable bonds is 6. The first-order valence-corrected chi connectivity index (χ1v) is 10.7. The predicted molar refractivity (Wildman–Crippen MR) is 129 cm³/mol. The normalized spacial score (nSPS) is 10.6. The lowest BCUT2D eigenvalue weighted by atomic mass is 10.1. The van der Waals surface area contributed by atoms with Crippen molar-refractivity contribution in [2.45, 2.75) is 0 Å². The van der Waals surface area contributed by atoms with E-state index in [1.54, 1.807) is 54.6 Å². The van der Waals surface area contributed by atoms with Crippen LogP contribution in [0.15, 0.2) is 79.3 Å². The average Bonchev–Trinajstić information content (AvgIpc) is 3.27. The van der Waals surface area contributed by atoms with E-state index in [0.717, 1.165) is 5.69 Å². The number of halogens is 2. The van der Waals surface area contributed by atoms with Gasteiger partial charge in [-0.3, -0.25) is 14.6 Å². The van der Waals surface area contributed by atoms with Gasteiger partial charge in [-0.2, -0.15) is 5.10 Å². The Morgan fingerprint density at radius 3 is 2.52 bits per heavy atom. The van der Waals surface area contributed by atoms with Crippen LogP contribution in [-0.2, 0) is 4.79 Å². The van der Waals surface area contributed by atoms with Crippen LogP contribution in [0.3, 0.4) is 0 Å². The second kappa shape index (κ2) is 9.85. The molecule has 0 aliphatic rings. The third kappa shape index (κ3) is 5.22. The van der Waals surface area contributed by atoms with Gasteiger partial charge in [-0.1, -0.05) is 41.4 Å². The highest BCUT2D eigenvalue weighted by atomic mass is 35.5. The van der Waals surface area contributed by atoms with Crippen molar-refractivity contribution in [1.82, 2.24) is 19.7 Å². The van der Waals surface area contributed by atoms with Crippen LogP contribution in [0.5, 0.6) is 0 Å². The van der Waals surface area contributed by atoms with E-state index in [1.165, 1.54) is 4.90 Å². The van der Waals surface area contributed by atoms with E-state index in [4.69, 9.17) is 23.2 Å². The molecule has 2 aromatic heterocycles. The molecule has 2 aromatic carbocycles. The smallest absolute Gasteiger partial charge is 0.257 e. The molecule has 0 unspecified atom stereocenters. The fraction of sp³-hybridized carbons (Fsp3) is 0.0833. The minimum atomic E-state index is -0.373. The minimum absolute atomic E-state index is 0.165. The molecule has 0 saturated heterocycles. The van der Waals surface area contributed by atoms with Crippen molar-refractivity contribution in [3.8, 4) is 16.9 Å². The summed E-state index contributed by atoms with van der Waals surface area (Å²) in [5.74, 6) is -0.719. The number of carbonyl (C=O) groups is 2. The zero-order chi connectivity index (χ0) is 23.4. The van der Waals surface area contributed by atoms with Gasteiger partial charge in [0.25, 0.3) is 5.91 Å². The van der Waals surface area contributed by atoms with Crippen LogP contribution < -0.4 is 5.32 Å². The summed E-state index contributed by atoms with van der Waals surface area (Å²) in [7, 11) is 1.56. The molecular formula is C24H19Cl2N5O2. The first-order valence-electron chi connectivity index (χ1n) is 9.98. The third-order valence-electron chi connectivity index (χ3n) is 4.83. The molecule has 4 rings (SSSR count). The second-order valence-corrected chi connectivity index (χ2v) is 8.07. The number of pyridine rings is 1. The molecule has 0 atom stereocenters. The maximum Gasteiger partial charge on any atom is 0.257 e. The summed E-state index contributed by atoms with van der Waals surface area (Å²) in [6.45, 7) is -0.165. The number of nitrogens with one attached hydrogen (secondary N) is 1. The number of anilines is 1. The summed E-state index contributed by atoms with van der Waals surface area (Å²) in [5.41, 5.74) is 2.83. The van der Waals surface area contributed by atoms with Crippen LogP contribution in [-0.4, -0.2) is 45.1 Å². The van der Waals surface area contributed by atoms with Crippen LogP contribution >= 0.6 is 23.2 Å². The average molecular weight is 480 g/mol. The SMILES string of the molecule is CN(CC(=O)Nc1ccc(Cl)c(Cl)c1)C(=O)c1cn(-c2ccccc2)nc1-c1cccnc1. The Morgan fingerprint density at radius 1 is 1.03 bits per heavy atom. The first kappa shape index (κ1) is 22.5. The molecule has 7 nitrogen and oxygen atoms in total. The number of para-hydroxylation sites is 1. The van der Waals surface area contributed by atoms with Gasteiger partial charge in [0.2, 0.25) is 5.91 Å². The van der Waals surface area contributed by atoms with Crippen molar-refractivity contribution in [3.63, 3.8) is 0 Å². The Kier molecular flexibility index (Phi) is 6.72. The van der Waals surface area contributed by atoms with E-state index < -0.39 is 0 Å². The van der Waals surface area contributed by atoms with Crippen LogP contribution in [0.25, 0.3) is 16.9 Å². The number of hydrogen-bond acceptors (Lipinski definition) is 4. The molecule has 0 fully saturated rings. The number of benzene rings is 2. The van der Waals surface area contributed by atoms with Gasteiger partial charge < -0.3 is 10.2 Å². The van der Waals surface area contributed by atoms with E-state index in [2.05, 4.69) is 15.4 Å². The van der Waals surface area contributed by atoms with Crippen LogP contribution in [0.1, 0.15) is 10.4 Å². The van der Waals surface area contributed by atoms with Gasteiger partial charge in [-0.15, -0.1) is 0 Å². The van der Waals surface area contributed by atoms with Gasteiger partial charge in [-0.05, 0) is 42.5 Å². The van der Waals surface area contributed by atoms with Gasteiger partial charge in [-0.25, -0.2) is 4.68 Å². The quantitative estimate of drug-likeness (QED) is 0.424. The van der Waals surface area contributed by atoms with Crippen molar-refractivity contribution in [2.75, 3.05) is 18.9 Å². The zero-order valence-corrected chi connectivity index (χ0v) is 19.1. The maximum absolute atomic E-state index is 13.3. The lowest BCUT2D eigenvalue weighted by Crippen LogP contribution is -2.35. The highest BCUT2D eigenvalue weighted by molar-refractivity contribution is 6.42. The largest absolute Gasteiger partial charge is 0.332 e. The molecule has 33 heavy (non-hydrogen) atoms. The molecule has 0 aliphatic carbocycles. The Hall–Kier alpha value is -3.68. The molecule has 4 aromatic rings. The summed E-state index contributed by atoms with van der Waals surface area (Å²) < 4.78 is 1.64. The highest BCUT2D eigenvalue weighted by Gasteiger charge is 2.23. The maximum atomic E-state index is 13.3. The van der Waals surface area contributed by atoms with E-state index in [-0.39, 0.29) is 18.4 Å². The molecule has 0 saturated carbocycles. The van der Waals surface area contributed by atoms with Crippen LogP contribution in [0, 0.1) is 0 Å². The van der Waals surface area contributed by atoms with Crippen LogP contribution in [0.4, 0.5) is 5.69 Å². The Labute approximate surface area is 200 Å². The van der Waals surface area contributed by atoms with Gasteiger partial charge in [0.1, 0.15) is 5.69 Å². The zero-order valence-electron chi connectivity index (χ0n) is 17.6. The number of aromatic nitrogens is 3. The van der Waals surface area contributed by atoms with Crippen molar-refractivity contribution in [1.29, 1.82) is 0 Å². The van der Waals surface area contributed by atoms with Crippen molar-refractivity contribution >= 4 is 40.7 Å². The van der Waals surface area contributed by atoms with Gasteiger partial charge in [0.05, 0.1) is 27.8 Å². The summed E-state index contributed by atoms with van der Waals surface area (Å²) in [6.07, 6.45) is 4.96. The van der Waals surface area contributed by atoms with E-state index in [0.29, 0.717) is 32.6 Å². The Morgan fingerprint density at radius 2 is 1.82 bits per heavy atom. The predicted octanol–water partition coefficient (Wildman–Crippen LogP) is 4.95. The lowest BCUT2D eigenvalue weighted by Gasteiger charge is -2.17. The molecule has 1 N–H and O–H groups in total. The second-order valence-electron chi connectivity index (χ2n) is 7.25. The molecule has 166 valence electrons. The lowest BCUT2D eigenvalue weighted by molar-refractivity contribution is -0.116. The first-order chi connectivity index (χ1) is 15.9. The topological polar surface area (TPSA) is 80.1 Å². The molecule has 2 heterocycles. The Balaban J connectivity index is 1.57. The summed E-state index contributed by atoms with van der Waals surface area (Å²) in [6, 6.07) is 17.9. The number of carbonyl (C=O) groups excluding carboxylic acids is 2. The number of likely N-dealkylation sites (N-methyl/N-ethyl adjacent to an activating group) is 1. The molecule has 0 radical (unpaired) electrons. The van der Waals surface area contributed by atoms with Gasteiger partial charge in [0, 0.05) is 36.9 Å². The number of amides is 2. The fourth-order valence-electron chi connectivity index (χ4n) is 3.23. The van der Waals surface area contributed by atoms with Gasteiger partial charge >= 0.3 is 0 Å². The third-order valence-corrected chi connectivity index (χ3v) is 5.57. The molecule has 2 amide bonds. The highest BCUT2D eigenvalue weighted by Crippen LogP contribution is 2.26. The fourth-order valence-corrected chi connectivity index (χ4v) is 3.52. The standard InChI is InChI=1S/C24H19Cl2N5O2/c1-30(15-22(32)28-17-9-10-20(25)21(26)12-17)24(33)19-14-31(18-7-3-2-4-8-18)29-23(19)16-6-5-11-27-13-16/h2-14H,15H2,1H3,(H,28,32). The summed E-state index contributed by atoms with van der Waals surface area (Å²) in [5, 5.41) is 8.05. The molecule has 0 aliphatic heterocycles. The number of nitrogens with zero attached hydrogens (tertiary/aromatic N) is 4. The van der Waals surface area contributed by atoms with Crippen molar-refractivity contribution < 1.29 is 9.59 Å². The molecule has 9 heteroatoms. The minimum Gasteiger partial charge on any atom is -0.332 e. The van der Waals surface area contributed by atoms with Gasteiger partial charge in [0.15, 0.2) is 0 Å². The number of hydrogen-bond donors (Lipinski definition) is 1.